The Kier molecular flexibility index (Phi) is 5.86. The number of fused-ring (bicyclic) bond motifs is 2. The van der Waals surface area contributed by atoms with E-state index in [2.05, 4.69) is 26.3 Å². The first-order valence-corrected chi connectivity index (χ1v) is 12.7. The first kappa shape index (κ1) is 22.9. The summed E-state index contributed by atoms with van der Waals surface area (Å²) < 4.78 is 7.10. The number of benzene rings is 3. The summed E-state index contributed by atoms with van der Waals surface area (Å²) in [6, 6.07) is 25.3. The van der Waals surface area contributed by atoms with Gasteiger partial charge in [0.05, 0.1) is 24.0 Å². The van der Waals surface area contributed by atoms with Crippen molar-refractivity contribution >= 4 is 38.3 Å². The maximum atomic E-state index is 14.3. The molecule has 3 heterocycles. The molecule has 0 bridgehead atoms. The number of pyridine rings is 1. The molecule has 8 heteroatoms. The van der Waals surface area contributed by atoms with Crippen LogP contribution in [0.25, 0.3) is 37.9 Å². The quantitative estimate of drug-likeness (QED) is 0.289. The first-order valence-electron chi connectivity index (χ1n) is 11.8. The molecule has 1 unspecified atom stereocenters. The van der Waals surface area contributed by atoms with Crippen LogP contribution >= 0.6 is 11.3 Å². The van der Waals surface area contributed by atoms with Crippen molar-refractivity contribution < 1.29 is 4.74 Å². The second kappa shape index (κ2) is 9.48. The van der Waals surface area contributed by atoms with E-state index >= 15 is 0 Å². The Bertz CT molecular complexity index is 1780. The van der Waals surface area contributed by atoms with Crippen molar-refractivity contribution in [3.63, 3.8) is 0 Å². The van der Waals surface area contributed by atoms with Crippen molar-refractivity contribution in [3.8, 4) is 22.6 Å². The largest absolute Gasteiger partial charge is 0.497 e. The van der Waals surface area contributed by atoms with Gasteiger partial charge < -0.3 is 10.1 Å². The molecule has 7 nitrogen and oxygen atoms in total. The number of ether oxygens (including phenoxy) is 1. The second-order valence-corrected chi connectivity index (χ2v) is 9.47. The summed E-state index contributed by atoms with van der Waals surface area (Å²) >= 11 is 1.47. The number of rotatable bonds is 6. The van der Waals surface area contributed by atoms with Crippen LogP contribution in [-0.4, -0.2) is 26.6 Å². The zero-order valence-corrected chi connectivity index (χ0v) is 21.1. The number of hydrogen-bond acceptors (Lipinski definition) is 7. The first-order chi connectivity index (χ1) is 18.1. The Morgan fingerprint density at radius 3 is 2.54 bits per heavy atom. The summed E-state index contributed by atoms with van der Waals surface area (Å²) in [6.07, 6.45) is 1.53. The lowest BCUT2D eigenvalue weighted by molar-refractivity contribution is 0.415. The van der Waals surface area contributed by atoms with Crippen LogP contribution in [0.2, 0.25) is 0 Å². The Labute approximate surface area is 217 Å². The Hall–Kier alpha value is -4.56. The molecular weight excluding hydrogens is 482 g/mol. The van der Waals surface area contributed by atoms with Gasteiger partial charge in [-0.25, -0.2) is 15.0 Å². The molecule has 3 aromatic carbocycles. The third kappa shape index (κ3) is 4.11. The Morgan fingerprint density at radius 2 is 1.76 bits per heavy atom. The minimum absolute atomic E-state index is 0.0831. The van der Waals surface area contributed by atoms with Gasteiger partial charge in [0.2, 0.25) is 0 Å². The molecule has 0 saturated heterocycles. The molecule has 0 radical (unpaired) electrons. The van der Waals surface area contributed by atoms with E-state index in [0.29, 0.717) is 11.2 Å². The summed E-state index contributed by atoms with van der Waals surface area (Å²) in [5, 5.41) is 5.00. The number of methoxy groups -OCH3 is 1. The van der Waals surface area contributed by atoms with Gasteiger partial charge in [-0.1, -0.05) is 48.5 Å². The molecule has 1 atom stereocenters. The maximum absolute atomic E-state index is 14.3. The predicted molar refractivity (Wildman–Crippen MR) is 149 cm³/mol. The molecule has 0 amide bonds. The zero-order chi connectivity index (χ0) is 25.4. The van der Waals surface area contributed by atoms with E-state index in [9.17, 15) is 4.79 Å². The van der Waals surface area contributed by atoms with Crippen LogP contribution in [0.5, 0.6) is 5.75 Å². The van der Waals surface area contributed by atoms with Crippen molar-refractivity contribution in [2.75, 3.05) is 12.4 Å². The van der Waals surface area contributed by atoms with E-state index < -0.39 is 0 Å². The fraction of sp³-hybridized carbons (Fsp3) is 0.103. The number of aromatic nitrogens is 4. The molecule has 0 fully saturated rings. The number of para-hydroxylation sites is 1. The third-order valence-electron chi connectivity index (χ3n) is 6.42. The highest BCUT2D eigenvalue weighted by atomic mass is 32.1. The Morgan fingerprint density at radius 1 is 0.946 bits per heavy atom. The van der Waals surface area contributed by atoms with Crippen LogP contribution in [0.3, 0.4) is 0 Å². The number of nitrogens with zero attached hydrogens (tertiary/aromatic N) is 4. The third-order valence-corrected chi connectivity index (χ3v) is 7.16. The van der Waals surface area contributed by atoms with Gasteiger partial charge in [0, 0.05) is 11.4 Å². The van der Waals surface area contributed by atoms with E-state index in [1.165, 1.54) is 17.7 Å². The average molecular weight is 506 g/mol. The van der Waals surface area contributed by atoms with Crippen LogP contribution in [0, 0.1) is 0 Å². The van der Waals surface area contributed by atoms with Crippen molar-refractivity contribution in [1.29, 1.82) is 0 Å². The van der Waals surface area contributed by atoms with E-state index in [-0.39, 0.29) is 11.6 Å². The van der Waals surface area contributed by atoms with Gasteiger partial charge >= 0.3 is 0 Å². The lowest BCUT2D eigenvalue weighted by Gasteiger charge is -2.22. The van der Waals surface area contributed by atoms with Gasteiger partial charge in [0.1, 0.15) is 22.4 Å². The van der Waals surface area contributed by atoms with Crippen molar-refractivity contribution in [2.45, 2.75) is 13.0 Å². The fourth-order valence-electron chi connectivity index (χ4n) is 4.63. The van der Waals surface area contributed by atoms with Gasteiger partial charge in [-0.15, -0.1) is 11.3 Å². The van der Waals surface area contributed by atoms with E-state index in [0.717, 1.165) is 44.0 Å². The molecule has 6 rings (SSSR count). The molecule has 0 aliphatic rings. The average Bonchev–Trinajstić information content (AvgIpc) is 3.43. The minimum atomic E-state index is -0.248. The molecule has 37 heavy (non-hydrogen) atoms. The lowest BCUT2D eigenvalue weighted by Crippen LogP contribution is -2.26. The van der Waals surface area contributed by atoms with E-state index in [4.69, 9.17) is 4.74 Å². The van der Waals surface area contributed by atoms with Crippen molar-refractivity contribution in [2.24, 2.45) is 0 Å². The van der Waals surface area contributed by atoms with Crippen LogP contribution in [-0.2, 0) is 0 Å². The van der Waals surface area contributed by atoms with E-state index in [1.54, 1.807) is 17.2 Å². The van der Waals surface area contributed by atoms with Gasteiger partial charge in [-0.3, -0.25) is 9.36 Å². The lowest BCUT2D eigenvalue weighted by atomic mass is 9.97. The van der Waals surface area contributed by atoms with Gasteiger partial charge in [-0.2, -0.15) is 0 Å². The molecule has 0 aliphatic carbocycles. The normalized spacial score (nSPS) is 12.1. The molecular formula is C29H23N5O2S. The van der Waals surface area contributed by atoms with Crippen molar-refractivity contribution in [1.82, 2.24) is 19.5 Å². The highest BCUT2D eigenvalue weighted by Crippen LogP contribution is 2.31. The standard InChI is InChI=1S/C29H23N5O2S/c1-18(33-27-26-28(31-16-30-27)37-17-32-26)24-15-20-7-6-10-23(19-11-13-22(36-2)14-12-19)25(20)29(35)34(24)21-8-4-3-5-9-21/h3-18H,1-2H3,(H,30,31,33). The maximum Gasteiger partial charge on any atom is 0.263 e. The van der Waals surface area contributed by atoms with Crippen LogP contribution in [0.1, 0.15) is 18.7 Å². The highest BCUT2D eigenvalue weighted by Gasteiger charge is 2.20. The fourth-order valence-corrected chi connectivity index (χ4v) is 5.26. The smallest absolute Gasteiger partial charge is 0.263 e. The summed E-state index contributed by atoms with van der Waals surface area (Å²) in [5.74, 6) is 1.41. The van der Waals surface area contributed by atoms with E-state index in [1.807, 2.05) is 79.7 Å². The number of nitrogens with one attached hydrogen (secondary N) is 1. The molecule has 182 valence electrons. The summed E-state index contributed by atoms with van der Waals surface area (Å²) in [4.78, 5) is 28.2. The summed E-state index contributed by atoms with van der Waals surface area (Å²) in [5.41, 5.74) is 5.83. The van der Waals surface area contributed by atoms with Gasteiger partial charge in [0.15, 0.2) is 5.82 Å². The number of thiazole rings is 1. The molecule has 1 N–H and O–H groups in total. The van der Waals surface area contributed by atoms with Gasteiger partial charge in [-0.05, 0) is 53.8 Å². The van der Waals surface area contributed by atoms with Crippen molar-refractivity contribution in [3.05, 3.63) is 107 Å². The van der Waals surface area contributed by atoms with Crippen LogP contribution in [0.4, 0.5) is 5.82 Å². The molecule has 0 saturated carbocycles. The molecule has 6 aromatic rings. The summed E-state index contributed by atoms with van der Waals surface area (Å²) in [6.45, 7) is 2.02. The Balaban J connectivity index is 1.55. The molecule has 0 aliphatic heterocycles. The van der Waals surface area contributed by atoms with Gasteiger partial charge in [0.25, 0.3) is 5.56 Å². The molecule has 3 aromatic heterocycles. The highest BCUT2D eigenvalue weighted by molar-refractivity contribution is 7.16. The topological polar surface area (TPSA) is 81.9 Å². The minimum Gasteiger partial charge on any atom is -0.497 e. The zero-order valence-electron chi connectivity index (χ0n) is 20.3. The van der Waals surface area contributed by atoms with Crippen LogP contribution < -0.4 is 15.6 Å². The number of hydrogen-bond donors (Lipinski definition) is 1. The monoisotopic (exact) mass is 505 g/mol. The number of anilines is 1. The second-order valence-electron chi connectivity index (χ2n) is 8.64. The summed E-state index contributed by atoms with van der Waals surface area (Å²) in [7, 11) is 1.64. The SMILES string of the molecule is COc1ccc(-c2cccc3cc(C(C)Nc4ncnc5scnc45)n(-c4ccccc4)c(=O)c23)cc1. The molecule has 0 spiro atoms. The van der Waals surface area contributed by atoms with Crippen LogP contribution in [0.15, 0.2) is 95.5 Å². The predicted octanol–water partition coefficient (Wildman–Crippen LogP) is 6.24.